The van der Waals surface area contributed by atoms with E-state index in [2.05, 4.69) is 6.58 Å². The van der Waals surface area contributed by atoms with Crippen LogP contribution in [0.15, 0.2) is 12.2 Å². The summed E-state index contributed by atoms with van der Waals surface area (Å²) in [7, 11) is 0. The third-order valence-electron chi connectivity index (χ3n) is 5.94. The van der Waals surface area contributed by atoms with E-state index in [4.69, 9.17) is 14.6 Å². The molecule has 4 nitrogen and oxygen atoms in total. The first-order chi connectivity index (χ1) is 9.65. The fraction of sp³-hybridized carbons (Fsp3) is 0.812. The van der Waals surface area contributed by atoms with Crippen molar-refractivity contribution in [2.24, 2.45) is 23.7 Å². The van der Waals surface area contributed by atoms with Crippen LogP contribution in [-0.2, 0) is 14.3 Å². The van der Waals surface area contributed by atoms with E-state index in [0.29, 0.717) is 37.3 Å². The Labute approximate surface area is 119 Å². The van der Waals surface area contributed by atoms with Gasteiger partial charge in [-0.15, -0.1) is 0 Å². The fourth-order valence-electron chi connectivity index (χ4n) is 5.07. The molecular formula is C16H22O4. The molecule has 4 fully saturated rings. The molecule has 3 aliphatic carbocycles. The standard InChI is InChI=1S/C16H22O4/c1-8(16(17)18)3-2-4-19-12-6-9-5-11(12)14-10(9)7-13-15(14)20-13/h9-15H,1-7H2,(H,17,18). The molecule has 0 aromatic heterocycles. The molecule has 7 unspecified atom stereocenters. The Morgan fingerprint density at radius 3 is 2.95 bits per heavy atom. The Balaban J connectivity index is 1.25. The molecule has 1 saturated heterocycles. The van der Waals surface area contributed by atoms with Gasteiger partial charge < -0.3 is 14.6 Å². The van der Waals surface area contributed by atoms with Crippen molar-refractivity contribution in [1.82, 2.24) is 0 Å². The van der Waals surface area contributed by atoms with Crippen LogP contribution < -0.4 is 0 Å². The lowest BCUT2D eigenvalue weighted by Crippen LogP contribution is -2.33. The van der Waals surface area contributed by atoms with Gasteiger partial charge in [0.1, 0.15) is 0 Å². The Kier molecular flexibility index (Phi) is 2.93. The maximum absolute atomic E-state index is 10.7. The molecule has 1 aliphatic heterocycles. The molecule has 1 N–H and O–H groups in total. The van der Waals surface area contributed by atoms with Gasteiger partial charge in [0.05, 0.1) is 18.3 Å². The van der Waals surface area contributed by atoms with Gasteiger partial charge in [-0.1, -0.05) is 6.58 Å². The molecule has 0 amide bonds. The van der Waals surface area contributed by atoms with E-state index in [9.17, 15) is 4.79 Å². The topological polar surface area (TPSA) is 59.1 Å². The van der Waals surface area contributed by atoms with Gasteiger partial charge in [0.15, 0.2) is 0 Å². The largest absolute Gasteiger partial charge is 0.478 e. The van der Waals surface area contributed by atoms with Crippen LogP contribution in [0.3, 0.4) is 0 Å². The Morgan fingerprint density at radius 1 is 1.30 bits per heavy atom. The summed E-state index contributed by atoms with van der Waals surface area (Å²) in [6.45, 7) is 4.21. The van der Waals surface area contributed by atoms with Gasteiger partial charge in [-0.05, 0) is 55.8 Å². The highest BCUT2D eigenvalue weighted by molar-refractivity contribution is 5.85. The molecule has 7 atom stereocenters. The minimum Gasteiger partial charge on any atom is -0.478 e. The first-order valence-electron chi connectivity index (χ1n) is 7.83. The molecule has 0 radical (unpaired) electrons. The number of hydrogen-bond donors (Lipinski definition) is 1. The second kappa shape index (κ2) is 4.57. The van der Waals surface area contributed by atoms with Crippen molar-refractivity contribution in [1.29, 1.82) is 0 Å². The Bertz CT molecular complexity index is 446. The van der Waals surface area contributed by atoms with Crippen LogP contribution in [0.2, 0.25) is 0 Å². The number of ether oxygens (including phenoxy) is 2. The molecule has 3 saturated carbocycles. The number of fused-ring (bicyclic) bond motifs is 7. The number of epoxide rings is 1. The summed E-state index contributed by atoms with van der Waals surface area (Å²) in [5.41, 5.74) is 0.284. The smallest absolute Gasteiger partial charge is 0.330 e. The molecular weight excluding hydrogens is 256 g/mol. The molecule has 110 valence electrons. The lowest BCUT2D eigenvalue weighted by atomic mass is 9.79. The van der Waals surface area contributed by atoms with Gasteiger partial charge in [-0.3, -0.25) is 0 Å². The highest BCUT2D eigenvalue weighted by Crippen LogP contribution is 2.64. The van der Waals surface area contributed by atoms with Gasteiger partial charge in [0.25, 0.3) is 0 Å². The molecule has 0 spiro atoms. The first-order valence-corrected chi connectivity index (χ1v) is 7.83. The third-order valence-corrected chi connectivity index (χ3v) is 5.94. The van der Waals surface area contributed by atoms with Crippen LogP contribution in [0.4, 0.5) is 0 Å². The molecule has 4 aliphatic rings. The van der Waals surface area contributed by atoms with Crippen molar-refractivity contribution < 1.29 is 19.4 Å². The average molecular weight is 278 g/mol. The number of aliphatic carboxylic acids is 1. The molecule has 4 rings (SSSR count). The molecule has 2 bridgehead atoms. The Morgan fingerprint density at radius 2 is 2.15 bits per heavy atom. The minimum atomic E-state index is -0.893. The number of hydrogen-bond acceptors (Lipinski definition) is 3. The summed E-state index contributed by atoms with van der Waals surface area (Å²) in [6, 6.07) is 0. The van der Waals surface area contributed by atoms with Gasteiger partial charge in [-0.25, -0.2) is 4.79 Å². The highest BCUT2D eigenvalue weighted by atomic mass is 16.6. The second-order valence-electron chi connectivity index (χ2n) is 6.93. The third kappa shape index (κ3) is 1.92. The van der Waals surface area contributed by atoms with Crippen molar-refractivity contribution in [3.8, 4) is 0 Å². The maximum Gasteiger partial charge on any atom is 0.330 e. The zero-order valence-electron chi connectivity index (χ0n) is 11.7. The summed E-state index contributed by atoms with van der Waals surface area (Å²) < 4.78 is 11.8. The summed E-state index contributed by atoms with van der Waals surface area (Å²) >= 11 is 0. The average Bonchev–Trinajstić information content (AvgIpc) is 2.81. The second-order valence-corrected chi connectivity index (χ2v) is 6.93. The number of carboxylic acids is 1. The lowest BCUT2D eigenvalue weighted by molar-refractivity contribution is -0.132. The predicted molar refractivity (Wildman–Crippen MR) is 72.2 cm³/mol. The van der Waals surface area contributed by atoms with Crippen LogP contribution in [-0.4, -0.2) is 36.0 Å². The molecule has 0 aromatic rings. The molecule has 1 heterocycles. The van der Waals surface area contributed by atoms with Crippen molar-refractivity contribution in [2.45, 2.75) is 50.4 Å². The van der Waals surface area contributed by atoms with Gasteiger partial charge in [0.2, 0.25) is 0 Å². The SMILES string of the molecule is C=C(CCCOC1CC2CC1C1C2CC2OC21)C(=O)O. The van der Waals surface area contributed by atoms with Crippen molar-refractivity contribution in [3.63, 3.8) is 0 Å². The molecule has 4 heteroatoms. The van der Waals surface area contributed by atoms with Gasteiger partial charge in [-0.2, -0.15) is 0 Å². The van der Waals surface area contributed by atoms with Crippen LogP contribution in [0.25, 0.3) is 0 Å². The van der Waals surface area contributed by atoms with Crippen molar-refractivity contribution >= 4 is 5.97 Å². The number of carboxylic acid groups (broad SMARTS) is 1. The fourth-order valence-corrected chi connectivity index (χ4v) is 5.07. The first kappa shape index (κ1) is 12.8. The van der Waals surface area contributed by atoms with E-state index >= 15 is 0 Å². The summed E-state index contributed by atoms with van der Waals surface area (Å²) in [6.07, 6.45) is 6.64. The van der Waals surface area contributed by atoms with E-state index in [0.717, 1.165) is 24.2 Å². The minimum absolute atomic E-state index is 0.284. The number of carbonyl (C=O) groups is 1. The zero-order valence-corrected chi connectivity index (χ0v) is 11.7. The molecule has 20 heavy (non-hydrogen) atoms. The van der Waals surface area contributed by atoms with Gasteiger partial charge in [0, 0.05) is 12.2 Å². The lowest BCUT2D eigenvalue weighted by Gasteiger charge is -2.32. The predicted octanol–water partition coefficient (Wildman–Crippen LogP) is 2.24. The maximum atomic E-state index is 10.7. The van der Waals surface area contributed by atoms with E-state index in [1.165, 1.54) is 19.3 Å². The van der Waals surface area contributed by atoms with E-state index in [1.54, 1.807) is 0 Å². The number of rotatable bonds is 6. The van der Waals surface area contributed by atoms with E-state index in [-0.39, 0.29) is 5.57 Å². The van der Waals surface area contributed by atoms with Crippen molar-refractivity contribution in [3.05, 3.63) is 12.2 Å². The zero-order chi connectivity index (χ0) is 13.9. The highest BCUT2D eigenvalue weighted by Gasteiger charge is 2.66. The summed E-state index contributed by atoms with van der Waals surface area (Å²) in [5, 5.41) is 8.76. The van der Waals surface area contributed by atoms with E-state index in [1.807, 2.05) is 0 Å². The van der Waals surface area contributed by atoms with Crippen LogP contribution >= 0.6 is 0 Å². The normalized spacial score (nSPS) is 47.1. The van der Waals surface area contributed by atoms with Gasteiger partial charge >= 0.3 is 5.97 Å². The van der Waals surface area contributed by atoms with Crippen LogP contribution in [0.1, 0.15) is 32.1 Å². The van der Waals surface area contributed by atoms with Crippen molar-refractivity contribution in [2.75, 3.05) is 6.61 Å². The van der Waals surface area contributed by atoms with E-state index < -0.39 is 5.97 Å². The van der Waals surface area contributed by atoms with Crippen LogP contribution in [0, 0.1) is 23.7 Å². The summed E-state index contributed by atoms with van der Waals surface area (Å²) in [4.78, 5) is 10.7. The summed E-state index contributed by atoms with van der Waals surface area (Å²) in [5.74, 6) is 2.34. The monoisotopic (exact) mass is 278 g/mol. The molecule has 0 aromatic carbocycles. The van der Waals surface area contributed by atoms with Crippen LogP contribution in [0.5, 0.6) is 0 Å². The Hall–Kier alpha value is -0.870. The quantitative estimate of drug-likeness (QED) is 0.460.